The number of aliphatic hydroxyl groups excluding tert-OH is 1. The summed E-state index contributed by atoms with van der Waals surface area (Å²) in [6, 6.07) is 20.9. The van der Waals surface area contributed by atoms with Crippen LogP contribution in [0.4, 0.5) is 10.1 Å². The second-order valence-electron chi connectivity index (χ2n) is 7.18. The van der Waals surface area contributed by atoms with Crippen LogP contribution in [0.1, 0.15) is 0 Å². The molecule has 1 N–H and O–H groups in total. The first-order valence-electron chi connectivity index (χ1n) is 9.71. The normalized spacial score (nSPS) is 16.3. The standard InChI is InChI=1S/C23H25FN2O2/c24-21-9-3-4-10-22(21)26-14-12-25(13-15-26)16-19(27)17-28-23-11-5-7-18-6-1-2-8-20(18)23/h1-11,19,27H,12-17H2. The molecule has 28 heavy (non-hydrogen) atoms. The van der Waals surface area contributed by atoms with Crippen LogP contribution < -0.4 is 9.64 Å². The number of fused-ring (bicyclic) bond motifs is 1. The predicted octanol–water partition coefficient (Wildman–Crippen LogP) is 3.54. The number of rotatable bonds is 6. The van der Waals surface area contributed by atoms with Gasteiger partial charge in [-0.25, -0.2) is 4.39 Å². The van der Waals surface area contributed by atoms with E-state index in [2.05, 4.69) is 9.80 Å². The summed E-state index contributed by atoms with van der Waals surface area (Å²) in [6.07, 6.45) is -0.570. The summed E-state index contributed by atoms with van der Waals surface area (Å²) in [6.45, 7) is 3.88. The van der Waals surface area contributed by atoms with Gasteiger partial charge in [0.05, 0.1) is 5.69 Å². The van der Waals surface area contributed by atoms with E-state index >= 15 is 0 Å². The molecule has 1 unspecified atom stereocenters. The summed E-state index contributed by atoms with van der Waals surface area (Å²) in [4.78, 5) is 4.26. The fraction of sp³-hybridized carbons (Fsp3) is 0.304. The van der Waals surface area contributed by atoms with E-state index in [1.807, 2.05) is 54.6 Å². The molecule has 1 aliphatic heterocycles. The van der Waals surface area contributed by atoms with Crippen LogP contribution in [-0.4, -0.2) is 55.4 Å². The molecule has 3 aromatic carbocycles. The number of piperazine rings is 1. The van der Waals surface area contributed by atoms with E-state index < -0.39 is 6.10 Å². The maximum atomic E-state index is 13.9. The number of halogens is 1. The average molecular weight is 380 g/mol. The lowest BCUT2D eigenvalue weighted by Gasteiger charge is -2.36. The van der Waals surface area contributed by atoms with E-state index in [0.717, 1.165) is 42.7 Å². The number of benzene rings is 3. The number of para-hydroxylation sites is 1. The molecule has 1 aliphatic rings. The summed E-state index contributed by atoms with van der Waals surface area (Å²) in [5.41, 5.74) is 0.655. The fourth-order valence-electron chi connectivity index (χ4n) is 3.74. The number of hydrogen-bond acceptors (Lipinski definition) is 4. The van der Waals surface area contributed by atoms with Gasteiger partial charge in [0.2, 0.25) is 0 Å². The van der Waals surface area contributed by atoms with Crippen molar-refractivity contribution in [1.82, 2.24) is 4.90 Å². The lowest BCUT2D eigenvalue weighted by Crippen LogP contribution is -2.49. The smallest absolute Gasteiger partial charge is 0.146 e. The van der Waals surface area contributed by atoms with Crippen molar-refractivity contribution in [1.29, 1.82) is 0 Å². The number of anilines is 1. The van der Waals surface area contributed by atoms with Gasteiger partial charge in [-0.2, -0.15) is 0 Å². The first-order chi connectivity index (χ1) is 13.7. The molecule has 1 fully saturated rings. The van der Waals surface area contributed by atoms with Gasteiger partial charge in [-0.05, 0) is 23.6 Å². The molecule has 0 bridgehead atoms. The SMILES string of the molecule is OC(COc1cccc2ccccc12)CN1CCN(c2ccccc2F)CC1. The van der Waals surface area contributed by atoms with E-state index in [-0.39, 0.29) is 12.4 Å². The molecule has 0 aliphatic carbocycles. The minimum absolute atomic E-state index is 0.181. The second kappa shape index (κ2) is 8.59. The third-order valence-corrected chi connectivity index (χ3v) is 5.22. The summed E-state index contributed by atoms with van der Waals surface area (Å²) >= 11 is 0. The van der Waals surface area contributed by atoms with Crippen molar-refractivity contribution in [3.63, 3.8) is 0 Å². The monoisotopic (exact) mass is 380 g/mol. The zero-order valence-electron chi connectivity index (χ0n) is 15.8. The van der Waals surface area contributed by atoms with Gasteiger partial charge in [0.15, 0.2) is 0 Å². The van der Waals surface area contributed by atoms with Gasteiger partial charge >= 0.3 is 0 Å². The maximum absolute atomic E-state index is 13.9. The van der Waals surface area contributed by atoms with Crippen molar-refractivity contribution in [3.05, 3.63) is 72.5 Å². The second-order valence-corrected chi connectivity index (χ2v) is 7.18. The summed E-state index contributed by atoms with van der Waals surface area (Å²) in [7, 11) is 0. The Balaban J connectivity index is 1.28. The molecule has 4 rings (SSSR count). The van der Waals surface area contributed by atoms with Crippen molar-refractivity contribution in [2.24, 2.45) is 0 Å². The van der Waals surface area contributed by atoms with Crippen LogP contribution in [0.15, 0.2) is 66.7 Å². The summed E-state index contributed by atoms with van der Waals surface area (Å²) < 4.78 is 19.8. The molecule has 0 aromatic heterocycles. The Hall–Kier alpha value is -2.63. The average Bonchev–Trinajstić information content (AvgIpc) is 2.73. The molecule has 3 aromatic rings. The molecule has 146 valence electrons. The molecular weight excluding hydrogens is 355 g/mol. The number of nitrogens with zero attached hydrogens (tertiary/aromatic N) is 2. The van der Waals surface area contributed by atoms with Crippen LogP contribution >= 0.6 is 0 Å². The number of ether oxygens (including phenoxy) is 1. The lowest BCUT2D eigenvalue weighted by atomic mass is 10.1. The Kier molecular flexibility index (Phi) is 5.74. The number of aliphatic hydroxyl groups is 1. The van der Waals surface area contributed by atoms with Crippen molar-refractivity contribution in [2.75, 3.05) is 44.2 Å². The van der Waals surface area contributed by atoms with Gasteiger partial charge in [-0.15, -0.1) is 0 Å². The topological polar surface area (TPSA) is 35.9 Å². The molecule has 1 atom stereocenters. The first kappa shape index (κ1) is 18.7. The van der Waals surface area contributed by atoms with Crippen LogP contribution in [0.5, 0.6) is 5.75 Å². The van der Waals surface area contributed by atoms with Crippen molar-refractivity contribution in [3.8, 4) is 5.75 Å². The van der Waals surface area contributed by atoms with Crippen LogP contribution in [-0.2, 0) is 0 Å². The zero-order valence-corrected chi connectivity index (χ0v) is 15.8. The van der Waals surface area contributed by atoms with Gasteiger partial charge in [0, 0.05) is 38.1 Å². The molecule has 0 spiro atoms. The predicted molar refractivity (Wildman–Crippen MR) is 111 cm³/mol. The van der Waals surface area contributed by atoms with E-state index in [1.165, 1.54) is 6.07 Å². The Labute approximate surface area is 164 Å². The summed E-state index contributed by atoms with van der Waals surface area (Å²) in [5.74, 6) is 0.612. The number of β-amino-alcohol motifs (C(OH)–C–C–N with tert-alkyl or cyclic N) is 1. The third-order valence-electron chi connectivity index (χ3n) is 5.22. The largest absolute Gasteiger partial charge is 0.490 e. The minimum Gasteiger partial charge on any atom is -0.490 e. The highest BCUT2D eigenvalue weighted by molar-refractivity contribution is 5.88. The van der Waals surface area contributed by atoms with Crippen LogP contribution in [0.25, 0.3) is 10.8 Å². The van der Waals surface area contributed by atoms with Crippen LogP contribution in [0, 0.1) is 5.82 Å². The van der Waals surface area contributed by atoms with Gasteiger partial charge in [-0.3, -0.25) is 4.90 Å². The van der Waals surface area contributed by atoms with E-state index in [4.69, 9.17) is 4.74 Å². The van der Waals surface area contributed by atoms with Gasteiger partial charge in [-0.1, -0.05) is 48.5 Å². The molecule has 0 amide bonds. The van der Waals surface area contributed by atoms with Crippen molar-refractivity contribution in [2.45, 2.75) is 6.10 Å². The Morgan fingerprint density at radius 1 is 0.893 bits per heavy atom. The maximum Gasteiger partial charge on any atom is 0.146 e. The highest BCUT2D eigenvalue weighted by Gasteiger charge is 2.21. The molecular formula is C23H25FN2O2. The molecule has 1 saturated heterocycles. The fourth-order valence-corrected chi connectivity index (χ4v) is 3.74. The van der Waals surface area contributed by atoms with Crippen molar-refractivity contribution < 1.29 is 14.2 Å². The van der Waals surface area contributed by atoms with Gasteiger partial charge in [0.1, 0.15) is 24.3 Å². The molecule has 5 heteroatoms. The van der Waals surface area contributed by atoms with E-state index in [0.29, 0.717) is 12.2 Å². The van der Waals surface area contributed by atoms with Crippen LogP contribution in [0.2, 0.25) is 0 Å². The summed E-state index contributed by atoms with van der Waals surface area (Å²) in [5, 5.41) is 12.6. The highest BCUT2D eigenvalue weighted by atomic mass is 19.1. The van der Waals surface area contributed by atoms with Crippen LogP contribution in [0.3, 0.4) is 0 Å². The first-order valence-corrected chi connectivity index (χ1v) is 9.71. The Morgan fingerprint density at radius 3 is 2.43 bits per heavy atom. The molecule has 1 heterocycles. The lowest BCUT2D eigenvalue weighted by molar-refractivity contribution is 0.0668. The molecule has 0 radical (unpaired) electrons. The minimum atomic E-state index is -0.570. The number of hydrogen-bond donors (Lipinski definition) is 1. The highest BCUT2D eigenvalue weighted by Crippen LogP contribution is 2.25. The third kappa shape index (κ3) is 4.26. The zero-order chi connectivity index (χ0) is 19.3. The Morgan fingerprint density at radius 2 is 1.61 bits per heavy atom. The molecule has 4 nitrogen and oxygen atoms in total. The van der Waals surface area contributed by atoms with E-state index in [1.54, 1.807) is 6.07 Å². The Bertz CT molecular complexity index is 920. The van der Waals surface area contributed by atoms with E-state index in [9.17, 15) is 9.50 Å². The van der Waals surface area contributed by atoms with Gasteiger partial charge in [0.25, 0.3) is 0 Å². The van der Waals surface area contributed by atoms with Gasteiger partial charge < -0.3 is 14.7 Å². The molecule has 0 saturated carbocycles. The van der Waals surface area contributed by atoms with Crippen molar-refractivity contribution >= 4 is 16.5 Å². The quantitative estimate of drug-likeness (QED) is 0.710.